The number of hydrogen-bond donors (Lipinski definition) is 2. The van der Waals surface area contributed by atoms with E-state index in [2.05, 4.69) is 41.5 Å². The molecule has 0 aliphatic carbocycles. The summed E-state index contributed by atoms with van der Waals surface area (Å²) in [5.74, 6) is -0.133. The van der Waals surface area contributed by atoms with Gasteiger partial charge < -0.3 is 11.1 Å². The molecule has 0 saturated heterocycles. The zero-order valence-electron chi connectivity index (χ0n) is 11.3. The molecule has 2 rings (SSSR count). The first-order valence-corrected chi connectivity index (χ1v) is 8.00. The number of nitrogens with zero attached hydrogens (tertiary/aromatic N) is 2. The second-order valence-corrected chi connectivity index (χ2v) is 6.42. The van der Waals surface area contributed by atoms with E-state index in [0.29, 0.717) is 0 Å². The Morgan fingerprint density at radius 1 is 1.45 bits per heavy atom. The number of hydrogen-bond acceptors (Lipinski definition) is 6. The van der Waals surface area contributed by atoms with E-state index in [-0.39, 0.29) is 11.7 Å². The molecular weight excluding hydrogens is 292 g/mol. The molecule has 1 heterocycles. The molecule has 1 aromatic heterocycles. The summed E-state index contributed by atoms with van der Waals surface area (Å²) >= 11 is 2.72. The lowest BCUT2D eigenvalue weighted by Crippen LogP contribution is -2.12. The van der Waals surface area contributed by atoms with Gasteiger partial charge in [-0.2, -0.15) is 0 Å². The number of nitrogens with two attached hydrogens (primary N) is 1. The van der Waals surface area contributed by atoms with Crippen molar-refractivity contribution in [3.63, 3.8) is 0 Å². The zero-order chi connectivity index (χ0) is 14.5. The van der Waals surface area contributed by atoms with Crippen LogP contribution < -0.4 is 11.1 Å². The SMILES string of the molecule is CCc1cccc(C)c1Nc1nnc(SCC(N)=O)s1. The molecule has 3 N–H and O–H groups in total. The number of primary amides is 1. The molecule has 2 aromatic rings. The molecule has 0 aliphatic heterocycles. The molecule has 1 amide bonds. The number of carbonyl (C=O) groups is 1. The van der Waals surface area contributed by atoms with Crippen LogP contribution in [0.5, 0.6) is 0 Å². The molecule has 5 nitrogen and oxygen atoms in total. The van der Waals surface area contributed by atoms with E-state index in [4.69, 9.17) is 5.73 Å². The molecule has 1 aromatic carbocycles. The lowest BCUT2D eigenvalue weighted by atomic mass is 10.1. The average molecular weight is 308 g/mol. The lowest BCUT2D eigenvalue weighted by Gasteiger charge is -2.11. The van der Waals surface area contributed by atoms with Gasteiger partial charge in [-0.25, -0.2) is 0 Å². The van der Waals surface area contributed by atoms with Gasteiger partial charge in [0.05, 0.1) is 5.75 Å². The van der Waals surface area contributed by atoms with Crippen molar-refractivity contribution in [1.29, 1.82) is 0 Å². The van der Waals surface area contributed by atoms with Gasteiger partial charge in [-0.05, 0) is 24.5 Å². The Bertz CT molecular complexity index is 612. The minimum atomic E-state index is -0.355. The minimum absolute atomic E-state index is 0.221. The molecular formula is C13H16N4OS2. The third-order valence-electron chi connectivity index (χ3n) is 2.72. The number of carbonyl (C=O) groups excluding carboxylic acids is 1. The van der Waals surface area contributed by atoms with Crippen LogP contribution in [0.1, 0.15) is 18.1 Å². The molecule has 7 heteroatoms. The smallest absolute Gasteiger partial charge is 0.227 e. The average Bonchev–Trinajstić information content (AvgIpc) is 2.86. The summed E-state index contributed by atoms with van der Waals surface area (Å²) in [4.78, 5) is 10.7. The maximum Gasteiger partial charge on any atom is 0.227 e. The first-order chi connectivity index (χ1) is 9.60. The van der Waals surface area contributed by atoms with Gasteiger partial charge in [-0.3, -0.25) is 4.79 Å². The molecule has 106 valence electrons. The normalized spacial score (nSPS) is 10.5. The van der Waals surface area contributed by atoms with Gasteiger partial charge in [0.15, 0.2) is 4.34 Å². The van der Waals surface area contributed by atoms with E-state index >= 15 is 0 Å². The number of benzene rings is 1. The number of aryl methyl sites for hydroxylation is 2. The summed E-state index contributed by atoms with van der Waals surface area (Å²) in [5, 5.41) is 12.2. The topological polar surface area (TPSA) is 80.9 Å². The van der Waals surface area contributed by atoms with Crippen LogP contribution in [-0.2, 0) is 11.2 Å². The molecule has 0 fully saturated rings. The summed E-state index contributed by atoms with van der Waals surface area (Å²) in [7, 11) is 0. The summed E-state index contributed by atoms with van der Waals surface area (Å²) < 4.78 is 0.734. The highest BCUT2D eigenvalue weighted by atomic mass is 32.2. The van der Waals surface area contributed by atoms with Crippen molar-refractivity contribution in [3.05, 3.63) is 29.3 Å². The lowest BCUT2D eigenvalue weighted by molar-refractivity contribution is -0.115. The van der Waals surface area contributed by atoms with Crippen molar-refractivity contribution < 1.29 is 4.79 Å². The van der Waals surface area contributed by atoms with Gasteiger partial charge in [0.25, 0.3) is 0 Å². The molecule has 0 radical (unpaired) electrons. The van der Waals surface area contributed by atoms with Gasteiger partial charge in [0.2, 0.25) is 11.0 Å². The summed E-state index contributed by atoms with van der Waals surface area (Å²) in [6.07, 6.45) is 0.950. The first-order valence-electron chi connectivity index (χ1n) is 6.20. The molecule has 0 bridgehead atoms. The highest BCUT2D eigenvalue weighted by Crippen LogP contribution is 2.30. The molecule has 0 saturated carbocycles. The number of aromatic nitrogens is 2. The molecule has 0 unspecified atom stereocenters. The second-order valence-electron chi connectivity index (χ2n) is 4.22. The van der Waals surface area contributed by atoms with E-state index in [0.717, 1.165) is 21.6 Å². The summed E-state index contributed by atoms with van der Waals surface area (Å²) in [6, 6.07) is 6.21. The summed E-state index contributed by atoms with van der Waals surface area (Å²) in [6.45, 7) is 4.18. The Kier molecular flexibility index (Phi) is 4.97. The van der Waals surface area contributed by atoms with Crippen molar-refractivity contribution in [3.8, 4) is 0 Å². The highest BCUT2D eigenvalue weighted by Gasteiger charge is 2.09. The van der Waals surface area contributed by atoms with Crippen molar-refractivity contribution in [2.24, 2.45) is 5.73 Å². The van der Waals surface area contributed by atoms with Gasteiger partial charge >= 0.3 is 0 Å². The number of rotatable bonds is 6. The Labute approximate surface area is 126 Å². The standard InChI is InChI=1S/C13H16N4OS2/c1-3-9-6-4-5-8(2)11(9)15-12-16-17-13(20-12)19-7-10(14)18/h4-6H,3,7H2,1-2H3,(H2,14,18)(H,15,16). The number of nitrogens with one attached hydrogen (secondary N) is 1. The van der Waals surface area contributed by atoms with Crippen molar-refractivity contribution >= 4 is 39.8 Å². The van der Waals surface area contributed by atoms with Gasteiger partial charge in [0, 0.05) is 5.69 Å². The van der Waals surface area contributed by atoms with E-state index < -0.39 is 0 Å². The van der Waals surface area contributed by atoms with Gasteiger partial charge in [-0.1, -0.05) is 48.2 Å². The zero-order valence-corrected chi connectivity index (χ0v) is 13.0. The fourth-order valence-electron chi connectivity index (χ4n) is 1.76. The van der Waals surface area contributed by atoms with Gasteiger partial charge in [0.1, 0.15) is 0 Å². The quantitative estimate of drug-likeness (QED) is 0.802. The van der Waals surface area contributed by atoms with Crippen LogP contribution in [-0.4, -0.2) is 21.9 Å². The molecule has 0 aliphatic rings. The van der Waals surface area contributed by atoms with Crippen LogP contribution in [0.3, 0.4) is 0 Å². The Balaban J connectivity index is 2.12. The fourth-order valence-corrected chi connectivity index (χ4v) is 3.26. The first kappa shape index (κ1) is 14.8. The van der Waals surface area contributed by atoms with Crippen LogP contribution in [0, 0.1) is 6.92 Å². The predicted molar refractivity (Wildman–Crippen MR) is 83.7 cm³/mol. The molecule has 20 heavy (non-hydrogen) atoms. The maximum absolute atomic E-state index is 10.7. The number of anilines is 2. The largest absolute Gasteiger partial charge is 0.369 e. The van der Waals surface area contributed by atoms with Crippen molar-refractivity contribution in [2.45, 2.75) is 24.6 Å². The third kappa shape index (κ3) is 3.71. The van der Waals surface area contributed by atoms with Crippen LogP contribution in [0.2, 0.25) is 0 Å². The van der Waals surface area contributed by atoms with E-state index in [1.165, 1.54) is 34.2 Å². The van der Waals surface area contributed by atoms with Crippen LogP contribution in [0.25, 0.3) is 0 Å². The van der Waals surface area contributed by atoms with Gasteiger partial charge in [-0.15, -0.1) is 10.2 Å². The maximum atomic E-state index is 10.7. The third-order valence-corrected chi connectivity index (χ3v) is 4.71. The number of amides is 1. The number of thioether (sulfide) groups is 1. The monoisotopic (exact) mass is 308 g/mol. The van der Waals surface area contributed by atoms with E-state index in [1.807, 2.05) is 6.07 Å². The van der Waals surface area contributed by atoms with Crippen molar-refractivity contribution in [2.75, 3.05) is 11.1 Å². The van der Waals surface area contributed by atoms with E-state index in [9.17, 15) is 4.79 Å². The minimum Gasteiger partial charge on any atom is -0.369 e. The Morgan fingerprint density at radius 2 is 2.25 bits per heavy atom. The Hall–Kier alpha value is -1.60. The van der Waals surface area contributed by atoms with Crippen LogP contribution in [0.15, 0.2) is 22.5 Å². The molecule has 0 spiro atoms. The van der Waals surface area contributed by atoms with Crippen molar-refractivity contribution in [1.82, 2.24) is 10.2 Å². The fraction of sp³-hybridized carbons (Fsp3) is 0.308. The predicted octanol–water partition coefficient (Wildman–Crippen LogP) is 2.73. The van der Waals surface area contributed by atoms with E-state index in [1.54, 1.807) is 0 Å². The highest BCUT2D eigenvalue weighted by molar-refractivity contribution is 8.01. The van der Waals surface area contributed by atoms with Crippen LogP contribution in [0.4, 0.5) is 10.8 Å². The van der Waals surface area contributed by atoms with Crippen LogP contribution >= 0.6 is 23.1 Å². The Morgan fingerprint density at radius 3 is 2.95 bits per heavy atom. The second kappa shape index (κ2) is 6.71. The molecule has 0 atom stereocenters. The summed E-state index contributed by atoms with van der Waals surface area (Å²) in [5.41, 5.74) is 8.60. The number of para-hydroxylation sites is 1.